The molecule has 0 spiro atoms. The van der Waals surface area contributed by atoms with Gasteiger partial charge in [0.25, 0.3) is 0 Å². The van der Waals surface area contributed by atoms with Gasteiger partial charge in [-0.3, -0.25) is 0 Å². The molecule has 0 saturated heterocycles. The Hall–Kier alpha value is -9.09. The molecule has 6 nitrogen and oxygen atoms in total. The zero-order chi connectivity index (χ0) is 55.4. The third-order valence-corrected chi connectivity index (χ3v) is 16.3. The summed E-state index contributed by atoms with van der Waals surface area (Å²) in [6.07, 6.45) is 1.93. The van der Waals surface area contributed by atoms with E-state index >= 15 is 0 Å². The van der Waals surface area contributed by atoms with Gasteiger partial charge in [0.2, 0.25) is 0 Å². The predicted octanol–water partition coefficient (Wildman–Crippen LogP) is 19.8. The number of imidazole rings is 1. The minimum Gasteiger partial charge on any atom is -0.0615 e. The van der Waals surface area contributed by atoms with Crippen molar-refractivity contribution in [2.24, 2.45) is 0 Å². The van der Waals surface area contributed by atoms with Crippen molar-refractivity contribution in [3.63, 3.8) is 0 Å². The van der Waals surface area contributed by atoms with Crippen molar-refractivity contribution in [3.8, 4) is 67.4 Å². The van der Waals surface area contributed by atoms with Crippen LogP contribution in [0.4, 0.5) is 34.3 Å². The number of anilines is 6. The van der Waals surface area contributed by atoms with E-state index in [0.29, 0.717) is 11.5 Å². The number of para-hydroxylation sites is 6. The van der Waals surface area contributed by atoms with Gasteiger partial charge in [-0.2, -0.15) is 0 Å². The number of aromatic nitrogens is 3. The summed E-state index contributed by atoms with van der Waals surface area (Å²) in [5, 5.41) is 0. The number of hydrogen-bond acceptors (Lipinski definition) is 4. The summed E-state index contributed by atoms with van der Waals surface area (Å²) in [5.41, 5.74) is 19.9. The van der Waals surface area contributed by atoms with E-state index in [4.69, 9.17) is 9.72 Å². The summed E-state index contributed by atoms with van der Waals surface area (Å²) >= 11 is 2.49. The summed E-state index contributed by atoms with van der Waals surface area (Å²) in [5.74, 6) is 1.86. The monoisotopic (exact) mass is 1230 g/mol. The van der Waals surface area contributed by atoms with Gasteiger partial charge in [-0.15, -0.1) is 0 Å². The molecule has 0 unspecified atom stereocenters. The minimum atomic E-state index is -0.147. The third kappa shape index (κ3) is 9.54. The third-order valence-electron chi connectivity index (χ3n) is 15.3. The SMILES string of the molecule is CC(C)(C)c1cccc(N2c3ccccc3-c3ccc(Oc4[c-]c(-n5[c](=[Pt])n(-c6c(-c7ccccc7)cccc6-c6ccccc6)c6ccccc65)ccc4)[c-]c3N(c3cc(C(C)(C)C)ccn3)c3ccccc3-c3ccccc32)c1. The number of benzene rings is 10. The molecule has 81 heavy (non-hydrogen) atoms. The maximum atomic E-state index is 7.07. The summed E-state index contributed by atoms with van der Waals surface area (Å²) in [6.45, 7) is 13.6. The van der Waals surface area contributed by atoms with E-state index in [2.05, 4.69) is 316 Å². The Kier molecular flexibility index (Phi) is 13.2. The molecular weight excluding hydrogens is 1170 g/mol. The summed E-state index contributed by atoms with van der Waals surface area (Å²) < 4.78 is 12.7. The van der Waals surface area contributed by atoms with E-state index in [1.54, 1.807) is 0 Å². The zero-order valence-electron chi connectivity index (χ0n) is 46.1. The quantitative estimate of drug-likeness (QED) is 0.142. The molecule has 0 atom stereocenters. The molecule has 0 N–H and O–H groups in total. The fourth-order valence-electron chi connectivity index (χ4n) is 11.3. The fourth-order valence-corrected chi connectivity index (χ4v) is 12.4. The normalized spacial score (nSPS) is 12.3. The van der Waals surface area contributed by atoms with Crippen LogP contribution in [0, 0.1) is 15.9 Å². The summed E-state index contributed by atoms with van der Waals surface area (Å²) in [7, 11) is 0. The predicted molar refractivity (Wildman–Crippen MR) is 330 cm³/mol. The summed E-state index contributed by atoms with van der Waals surface area (Å²) in [4.78, 5) is 9.92. The molecule has 0 fully saturated rings. The van der Waals surface area contributed by atoms with E-state index in [9.17, 15) is 0 Å². The standard InChI is InChI=1S/C74H59N5O.Pt/c1-73(2,3)53-28-21-30-56(46-53)78-65-37-16-13-32-61(65)62-33-15-18-39-67(62)79(71-47-54(44-45-75-71)74(4,5)6)70-49-58(42-43-64(70)63-34-14-17-38-66(63)78)80-57-31-22-29-55(48-57)76-50-77(69-41-20-19-40-68(69)76)72-59(51-24-9-7-10-25-51)35-23-36-60(72)52-26-11-8-12-27-52;/h7-47H,1-6H3;/q-2;. The Morgan fingerprint density at radius 3 is 1.52 bits per heavy atom. The van der Waals surface area contributed by atoms with Gasteiger partial charge in [-0.25, -0.2) is 0 Å². The second kappa shape index (κ2) is 20.9. The average Bonchev–Trinajstić information content (AvgIpc) is 4.02. The smallest absolute Gasteiger partial charge is 0.0615 e. The molecule has 1 aliphatic heterocycles. The molecule has 3 heterocycles. The van der Waals surface area contributed by atoms with Crippen molar-refractivity contribution in [1.29, 1.82) is 0 Å². The van der Waals surface area contributed by atoms with Gasteiger partial charge in [-0.05, 0) is 52.3 Å². The fraction of sp³-hybridized carbons (Fsp3) is 0.108. The van der Waals surface area contributed by atoms with Gasteiger partial charge in [0.1, 0.15) is 0 Å². The van der Waals surface area contributed by atoms with Crippen LogP contribution < -0.4 is 14.5 Å². The van der Waals surface area contributed by atoms with E-state index < -0.39 is 0 Å². The van der Waals surface area contributed by atoms with Crippen molar-refractivity contribution < 1.29 is 24.1 Å². The number of fused-ring (bicyclic) bond motifs is 7. The van der Waals surface area contributed by atoms with Gasteiger partial charge in [0.05, 0.1) is 5.69 Å². The van der Waals surface area contributed by atoms with Crippen LogP contribution in [0.1, 0.15) is 52.7 Å². The number of nitrogens with zero attached hydrogens (tertiary/aromatic N) is 5. The van der Waals surface area contributed by atoms with Crippen molar-refractivity contribution in [2.45, 2.75) is 52.4 Å². The van der Waals surface area contributed by atoms with Crippen LogP contribution in [-0.2, 0) is 30.2 Å². The second-order valence-electron chi connectivity index (χ2n) is 22.6. The van der Waals surface area contributed by atoms with Crippen molar-refractivity contribution in [1.82, 2.24) is 14.1 Å². The molecule has 1 aliphatic rings. The Bertz CT molecular complexity index is 4330. The molecule has 13 rings (SSSR count). The van der Waals surface area contributed by atoms with Crippen molar-refractivity contribution in [3.05, 3.63) is 276 Å². The van der Waals surface area contributed by atoms with E-state index in [0.717, 1.165) is 105 Å². The van der Waals surface area contributed by atoms with Crippen LogP contribution in [0.3, 0.4) is 0 Å². The van der Waals surface area contributed by atoms with Gasteiger partial charge in [0.15, 0.2) is 0 Å². The van der Waals surface area contributed by atoms with Crippen LogP contribution >= 0.6 is 0 Å². The first-order chi connectivity index (χ1) is 39.4. The first-order valence-electron chi connectivity index (χ1n) is 27.5. The number of rotatable bonds is 8. The molecule has 12 aromatic rings. The van der Waals surface area contributed by atoms with Crippen LogP contribution in [0.15, 0.2) is 249 Å². The zero-order valence-corrected chi connectivity index (χ0v) is 48.4. The Balaban J connectivity index is 1.00. The van der Waals surface area contributed by atoms with Gasteiger partial charge in [-0.1, -0.05) is 102 Å². The Morgan fingerprint density at radius 1 is 0.407 bits per heavy atom. The Morgan fingerprint density at radius 2 is 0.901 bits per heavy atom. The van der Waals surface area contributed by atoms with E-state index in [1.165, 1.54) is 11.1 Å². The van der Waals surface area contributed by atoms with E-state index in [1.807, 2.05) is 24.4 Å². The summed E-state index contributed by atoms with van der Waals surface area (Å²) in [6, 6.07) is 94.1. The molecule has 7 heteroatoms. The number of hydrogen-bond donors (Lipinski definition) is 0. The van der Waals surface area contributed by atoms with Crippen molar-refractivity contribution in [2.75, 3.05) is 9.80 Å². The molecule has 0 radical (unpaired) electrons. The van der Waals surface area contributed by atoms with Gasteiger partial charge < -0.3 is 4.90 Å². The molecule has 0 amide bonds. The first kappa shape index (κ1) is 51.4. The molecular formula is C74H59N5OPt-2. The van der Waals surface area contributed by atoms with Crippen LogP contribution in [0.25, 0.3) is 66.9 Å². The van der Waals surface area contributed by atoms with Crippen LogP contribution in [-0.4, -0.2) is 14.1 Å². The molecule has 0 bridgehead atoms. The van der Waals surface area contributed by atoms with Gasteiger partial charge >= 0.3 is 306 Å². The van der Waals surface area contributed by atoms with E-state index in [-0.39, 0.29) is 10.8 Å². The molecule has 10 aromatic carbocycles. The Labute approximate surface area is 485 Å². The molecule has 398 valence electrons. The van der Waals surface area contributed by atoms with Crippen molar-refractivity contribution >= 4 is 45.3 Å². The number of ether oxygens (including phenoxy) is 1. The topological polar surface area (TPSA) is 38.5 Å². The number of pyridine rings is 1. The average molecular weight is 1230 g/mol. The van der Waals surface area contributed by atoms with Crippen LogP contribution in [0.5, 0.6) is 11.5 Å². The minimum absolute atomic E-state index is 0.0693. The second-order valence-corrected chi connectivity index (χ2v) is 23.6. The van der Waals surface area contributed by atoms with Gasteiger partial charge in [0, 0.05) is 17.4 Å². The molecule has 0 saturated carbocycles. The maximum absolute atomic E-state index is 7.07. The molecule has 0 aliphatic carbocycles. The molecule has 2 aromatic heterocycles. The van der Waals surface area contributed by atoms with Crippen LogP contribution in [0.2, 0.25) is 0 Å². The first-order valence-corrected chi connectivity index (χ1v) is 28.7.